The van der Waals surface area contributed by atoms with Crippen molar-refractivity contribution < 1.29 is 4.79 Å². The second-order valence-electron chi connectivity index (χ2n) is 3.01. The highest BCUT2D eigenvalue weighted by Crippen LogP contribution is 2.19. The van der Waals surface area contributed by atoms with Crippen molar-refractivity contribution in [3.05, 3.63) is 32.4 Å². The van der Waals surface area contributed by atoms with Gasteiger partial charge in [-0.2, -0.15) is 5.26 Å². The quantitative estimate of drug-likeness (QED) is 0.622. The van der Waals surface area contributed by atoms with Crippen molar-refractivity contribution in [1.29, 1.82) is 5.26 Å². The number of aryl methyl sites for hydroxylation is 1. The minimum Gasteiger partial charge on any atom is -0.294 e. The largest absolute Gasteiger partial charge is 0.294 e. The van der Waals surface area contributed by atoms with Crippen LogP contribution >= 0.6 is 22.6 Å². The molecule has 3 heteroatoms. The monoisotopic (exact) mass is 299 g/mol. The van der Waals surface area contributed by atoms with Gasteiger partial charge in [0.2, 0.25) is 0 Å². The summed E-state index contributed by atoms with van der Waals surface area (Å²) in [4.78, 5) is 11.2. The lowest BCUT2D eigenvalue weighted by Crippen LogP contribution is -2.00. The van der Waals surface area contributed by atoms with Crippen molar-refractivity contribution in [2.24, 2.45) is 0 Å². The molecule has 14 heavy (non-hydrogen) atoms. The highest BCUT2D eigenvalue weighted by Gasteiger charge is 2.09. The molecule has 1 aromatic carbocycles. The van der Waals surface area contributed by atoms with Crippen LogP contribution in [0.15, 0.2) is 12.1 Å². The van der Waals surface area contributed by atoms with E-state index in [1.54, 1.807) is 13.0 Å². The molecule has 0 saturated heterocycles. The van der Waals surface area contributed by atoms with Crippen molar-refractivity contribution in [3.63, 3.8) is 0 Å². The molecule has 0 aliphatic heterocycles. The van der Waals surface area contributed by atoms with Crippen LogP contribution in [0.3, 0.4) is 0 Å². The van der Waals surface area contributed by atoms with Gasteiger partial charge in [-0.15, -0.1) is 0 Å². The zero-order valence-corrected chi connectivity index (χ0v) is 10.3. The molecule has 0 bridgehead atoms. The van der Waals surface area contributed by atoms with Crippen LogP contribution in [0, 0.1) is 14.9 Å². The summed E-state index contributed by atoms with van der Waals surface area (Å²) >= 11 is 2.09. The fourth-order valence-corrected chi connectivity index (χ4v) is 2.13. The Hall–Kier alpha value is -0.890. The van der Waals surface area contributed by atoms with Crippen LogP contribution in [0.2, 0.25) is 0 Å². The summed E-state index contributed by atoms with van der Waals surface area (Å²) in [5.41, 5.74) is 2.32. The van der Waals surface area contributed by atoms with Crippen LogP contribution in [0.5, 0.6) is 0 Å². The van der Waals surface area contributed by atoms with Crippen LogP contribution in [0.4, 0.5) is 0 Å². The average molecular weight is 299 g/mol. The number of carbonyl (C=O) groups excluding carboxylic acids is 1. The molecule has 0 aromatic heterocycles. The van der Waals surface area contributed by atoms with Crippen LogP contribution < -0.4 is 0 Å². The van der Waals surface area contributed by atoms with E-state index in [0.717, 1.165) is 15.6 Å². The zero-order valence-electron chi connectivity index (χ0n) is 8.10. The first-order chi connectivity index (χ1) is 6.60. The molecular formula is C11H10INO. The molecule has 0 radical (unpaired) electrons. The molecule has 1 rings (SSSR count). The van der Waals surface area contributed by atoms with Gasteiger partial charge in [-0.25, -0.2) is 0 Å². The number of benzene rings is 1. The molecule has 0 heterocycles. The summed E-state index contributed by atoms with van der Waals surface area (Å²) in [6.45, 7) is 3.52. The van der Waals surface area contributed by atoms with Gasteiger partial charge in [-0.3, -0.25) is 4.79 Å². The third-order valence-corrected chi connectivity index (χ3v) is 2.97. The molecular weight excluding hydrogens is 289 g/mol. The Bertz CT molecular complexity index is 418. The smallest absolute Gasteiger partial charge is 0.160 e. The maximum absolute atomic E-state index is 11.2. The minimum absolute atomic E-state index is 0.0496. The predicted molar refractivity (Wildman–Crippen MR) is 63.3 cm³/mol. The molecule has 2 nitrogen and oxygen atoms in total. The number of rotatable bonds is 2. The van der Waals surface area contributed by atoms with Crippen molar-refractivity contribution in [2.45, 2.75) is 20.3 Å². The Labute approximate surface area is 97.1 Å². The molecule has 0 atom stereocenters. The molecule has 0 N–H and O–H groups in total. The lowest BCUT2D eigenvalue weighted by atomic mass is 10.0. The van der Waals surface area contributed by atoms with Gasteiger partial charge in [0.05, 0.1) is 11.6 Å². The van der Waals surface area contributed by atoms with Gasteiger partial charge in [0.1, 0.15) is 0 Å². The standard InChI is InChI=1S/C11H10INO/c1-3-8-4-10(7(2)14)11(12)5-9(8)6-13/h4-5H,3H2,1-2H3. The topological polar surface area (TPSA) is 40.9 Å². The summed E-state index contributed by atoms with van der Waals surface area (Å²) in [6.07, 6.45) is 0.778. The van der Waals surface area contributed by atoms with E-state index >= 15 is 0 Å². The van der Waals surface area contributed by atoms with Crippen molar-refractivity contribution in [2.75, 3.05) is 0 Å². The number of hydrogen-bond donors (Lipinski definition) is 0. The summed E-state index contributed by atoms with van der Waals surface area (Å²) in [5, 5.41) is 8.87. The second kappa shape index (κ2) is 4.56. The van der Waals surface area contributed by atoms with E-state index in [4.69, 9.17) is 5.26 Å². The number of nitrogens with zero attached hydrogens (tertiary/aromatic N) is 1. The fraction of sp³-hybridized carbons (Fsp3) is 0.273. The Balaban J connectivity index is 3.39. The fourth-order valence-electron chi connectivity index (χ4n) is 1.28. The van der Waals surface area contributed by atoms with Gasteiger partial charge in [0.25, 0.3) is 0 Å². The summed E-state index contributed by atoms with van der Waals surface area (Å²) in [5.74, 6) is 0.0496. The average Bonchev–Trinajstić information content (AvgIpc) is 2.16. The maximum Gasteiger partial charge on any atom is 0.160 e. The zero-order chi connectivity index (χ0) is 10.7. The number of hydrogen-bond acceptors (Lipinski definition) is 2. The van der Waals surface area contributed by atoms with Gasteiger partial charge in [0.15, 0.2) is 5.78 Å². The van der Waals surface area contributed by atoms with Gasteiger partial charge < -0.3 is 0 Å². The first-order valence-corrected chi connectivity index (χ1v) is 5.41. The van der Waals surface area contributed by atoms with E-state index in [2.05, 4.69) is 28.7 Å². The van der Waals surface area contributed by atoms with E-state index in [1.807, 2.05) is 13.0 Å². The van der Waals surface area contributed by atoms with Gasteiger partial charge >= 0.3 is 0 Å². The molecule has 72 valence electrons. The van der Waals surface area contributed by atoms with Crippen molar-refractivity contribution in [1.82, 2.24) is 0 Å². The molecule has 1 aromatic rings. The summed E-state index contributed by atoms with van der Waals surface area (Å²) in [6, 6.07) is 5.73. The third kappa shape index (κ3) is 2.13. The van der Waals surface area contributed by atoms with E-state index in [1.165, 1.54) is 0 Å². The Morgan fingerprint density at radius 1 is 1.57 bits per heavy atom. The maximum atomic E-state index is 11.2. The summed E-state index contributed by atoms with van der Waals surface area (Å²) < 4.78 is 0.851. The highest BCUT2D eigenvalue weighted by atomic mass is 127. The van der Waals surface area contributed by atoms with Crippen LogP contribution in [-0.4, -0.2) is 5.78 Å². The molecule has 0 fully saturated rings. The van der Waals surface area contributed by atoms with Crippen LogP contribution in [-0.2, 0) is 6.42 Å². The normalized spacial score (nSPS) is 9.57. The van der Waals surface area contributed by atoms with Gasteiger partial charge in [0, 0.05) is 9.13 Å². The number of halogens is 1. The van der Waals surface area contributed by atoms with Crippen LogP contribution in [0.1, 0.15) is 35.3 Å². The van der Waals surface area contributed by atoms with Crippen LogP contribution in [0.25, 0.3) is 0 Å². The predicted octanol–water partition coefficient (Wildman–Crippen LogP) is 2.93. The second-order valence-corrected chi connectivity index (χ2v) is 4.17. The van der Waals surface area contributed by atoms with E-state index in [-0.39, 0.29) is 5.78 Å². The molecule has 0 aliphatic rings. The van der Waals surface area contributed by atoms with Gasteiger partial charge in [-0.1, -0.05) is 6.92 Å². The lowest BCUT2D eigenvalue weighted by Gasteiger charge is -2.05. The number of Topliss-reactive ketones (excluding diaryl/α,β-unsaturated/α-hetero) is 1. The summed E-state index contributed by atoms with van der Waals surface area (Å²) in [7, 11) is 0. The Morgan fingerprint density at radius 3 is 2.64 bits per heavy atom. The van der Waals surface area contributed by atoms with Gasteiger partial charge in [-0.05, 0) is 53.6 Å². The Morgan fingerprint density at radius 2 is 2.21 bits per heavy atom. The minimum atomic E-state index is 0.0496. The third-order valence-electron chi connectivity index (χ3n) is 2.07. The first-order valence-electron chi connectivity index (χ1n) is 4.33. The Kier molecular flexibility index (Phi) is 3.64. The van der Waals surface area contributed by atoms with Crippen molar-refractivity contribution >= 4 is 28.4 Å². The number of carbonyl (C=O) groups is 1. The van der Waals surface area contributed by atoms with E-state index < -0.39 is 0 Å². The molecule has 0 spiro atoms. The molecule has 0 saturated carbocycles. The van der Waals surface area contributed by atoms with E-state index in [0.29, 0.717) is 11.1 Å². The molecule has 0 unspecified atom stereocenters. The number of nitriles is 1. The SMILES string of the molecule is CCc1cc(C(C)=O)c(I)cc1C#N. The highest BCUT2D eigenvalue weighted by molar-refractivity contribution is 14.1. The molecule has 0 aliphatic carbocycles. The van der Waals surface area contributed by atoms with E-state index in [9.17, 15) is 4.79 Å². The molecule has 0 amide bonds. The van der Waals surface area contributed by atoms with Crippen molar-refractivity contribution in [3.8, 4) is 6.07 Å². The lowest BCUT2D eigenvalue weighted by molar-refractivity contribution is 0.101. The first kappa shape index (κ1) is 11.2. The number of ketones is 1.